The molecule has 38 heavy (non-hydrogen) atoms. The summed E-state index contributed by atoms with van der Waals surface area (Å²) in [4.78, 5) is 11.8. The molecule has 0 aromatic carbocycles. The minimum atomic E-state index is -0.0463. The molecule has 0 saturated carbocycles. The molecule has 0 heterocycles. The average molecular weight is 532 g/mol. The predicted octanol–water partition coefficient (Wildman–Crippen LogP) is 10.8. The molecule has 0 aliphatic carbocycles. The zero-order chi connectivity index (χ0) is 27.6. The molecule has 0 atom stereocenters. The van der Waals surface area contributed by atoms with Crippen molar-refractivity contribution in [2.45, 2.75) is 162 Å². The molecule has 0 unspecified atom stereocenters. The molecule has 0 aliphatic heterocycles. The van der Waals surface area contributed by atoms with E-state index >= 15 is 0 Å². The van der Waals surface area contributed by atoms with E-state index in [0.29, 0.717) is 13.0 Å². The number of hydrogen-bond acceptors (Lipinski definition) is 3. The van der Waals surface area contributed by atoms with E-state index in [1.165, 1.54) is 116 Å². The molecule has 0 fully saturated rings. The third-order valence-electron chi connectivity index (χ3n) is 7.02. The number of nitrogens with one attached hydrogen (secondary N) is 1. The lowest BCUT2D eigenvalue weighted by Gasteiger charge is -2.05. The van der Waals surface area contributed by atoms with Gasteiger partial charge < -0.3 is 10.1 Å². The fourth-order valence-corrected chi connectivity index (χ4v) is 4.50. The molecule has 0 radical (unpaired) electrons. The van der Waals surface area contributed by atoms with Gasteiger partial charge in [-0.3, -0.25) is 4.79 Å². The Balaban J connectivity index is 3.23. The van der Waals surface area contributed by atoms with Crippen LogP contribution in [0.2, 0.25) is 0 Å². The van der Waals surface area contributed by atoms with E-state index < -0.39 is 0 Å². The Morgan fingerprint density at radius 2 is 0.974 bits per heavy atom. The van der Waals surface area contributed by atoms with Crippen molar-refractivity contribution < 1.29 is 9.53 Å². The molecule has 1 N–H and O–H groups in total. The van der Waals surface area contributed by atoms with Gasteiger partial charge in [0.15, 0.2) is 0 Å². The second-order valence-corrected chi connectivity index (χ2v) is 10.9. The fraction of sp³-hybridized carbons (Fsp3) is 0.800. The molecule has 0 saturated heterocycles. The third kappa shape index (κ3) is 32.7. The quantitative estimate of drug-likeness (QED) is 0.0569. The van der Waals surface area contributed by atoms with E-state index in [1.807, 2.05) is 6.08 Å². The molecule has 3 nitrogen and oxygen atoms in total. The molecule has 0 rings (SSSR count). The van der Waals surface area contributed by atoms with Crippen LogP contribution in [-0.2, 0) is 9.53 Å². The van der Waals surface area contributed by atoms with Crippen molar-refractivity contribution in [1.82, 2.24) is 5.32 Å². The van der Waals surface area contributed by atoms with E-state index in [-0.39, 0.29) is 5.97 Å². The molecule has 0 spiro atoms. The zero-order valence-electron chi connectivity index (χ0n) is 25.7. The molecule has 222 valence electrons. The van der Waals surface area contributed by atoms with E-state index in [9.17, 15) is 4.79 Å². The lowest BCUT2D eigenvalue weighted by Crippen LogP contribution is -2.16. The standard InChI is InChI=1S/C35H65NO2/c1-3-5-7-9-11-12-13-14-15-16-17-18-19-20-24-28-32-36-33-29-25-22-23-27-31-35(37)38-34-30-26-21-10-8-6-4-2/h12-13,15-16,26,30,36H,3-11,14,17-25,27-29,31-34H2,1-2H3. The summed E-state index contributed by atoms with van der Waals surface area (Å²) < 4.78 is 5.28. The average Bonchev–Trinajstić information content (AvgIpc) is 2.92. The van der Waals surface area contributed by atoms with Gasteiger partial charge in [-0.2, -0.15) is 0 Å². The van der Waals surface area contributed by atoms with Gasteiger partial charge in [0.1, 0.15) is 6.61 Å². The molecule has 0 amide bonds. The highest BCUT2D eigenvalue weighted by atomic mass is 16.5. The number of allylic oxidation sites excluding steroid dienone is 5. The Bertz CT molecular complexity index is 552. The van der Waals surface area contributed by atoms with Crippen molar-refractivity contribution in [3.63, 3.8) is 0 Å². The van der Waals surface area contributed by atoms with Crippen LogP contribution in [0.15, 0.2) is 36.5 Å². The minimum Gasteiger partial charge on any atom is -0.461 e. The maximum absolute atomic E-state index is 11.8. The maximum atomic E-state index is 11.8. The number of carbonyl (C=O) groups excluding carboxylic acids is 1. The van der Waals surface area contributed by atoms with Gasteiger partial charge in [0.25, 0.3) is 0 Å². The first-order valence-electron chi connectivity index (χ1n) is 16.6. The minimum absolute atomic E-state index is 0.0463. The topological polar surface area (TPSA) is 38.3 Å². The van der Waals surface area contributed by atoms with Gasteiger partial charge in [0.05, 0.1) is 0 Å². The predicted molar refractivity (Wildman–Crippen MR) is 169 cm³/mol. The Kier molecular flexibility index (Phi) is 32.5. The number of carbonyl (C=O) groups is 1. The van der Waals surface area contributed by atoms with Gasteiger partial charge in [-0.15, -0.1) is 0 Å². The van der Waals surface area contributed by atoms with Crippen LogP contribution in [0, 0.1) is 0 Å². The van der Waals surface area contributed by atoms with Crippen LogP contribution in [0.4, 0.5) is 0 Å². The van der Waals surface area contributed by atoms with Crippen molar-refractivity contribution in [1.29, 1.82) is 0 Å². The molecule has 0 aromatic heterocycles. The van der Waals surface area contributed by atoms with Crippen LogP contribution in [-0.4, -0.2) is 25.7 Å². The van der Waals surface area contributed by atoms with E-state index in [4.69, 9.17) is 4.74 Å². The van der Waals surface area contributed by atoms with Gasteiger partial charge >= 0.3 is 5.97 Å². The lowest BCUT2D eigenvalue weighted by molar-refractivity contribution is -0.142. The second-order valence-electron chi connectivity index (χ2n) is 10.9. The van der Waals surface area contributed by atoms with Crippen molar-refractivity contribution in [3.8, 4) is 0 Å². The smallest absolute Gasteiger partial charge is 0.306 e. The maximum Gasteiger partial charge on any atom is 0.306 e. The molecule has 3 heteroatoms. The summed E-state index contributed by atoms with van der Waals surface area (Å²) in [6, 6.07) is 0. The van der Waals surface area contributed by atoms with E-state index in [1.54, 1.807) is 0 Å². The number of unbranched alkanes of at least 4 members (excludes halogenated alkanes) is 17. The summed E-state index contributed by atoms with van der Waals surface area (Å²) in [5.41, 5.74) is 0. The SMILES string of the molecule is CCCCCCC=CCC=CCCCCCCCNCCCCCCCC(=O)OCC=CCCCCCC. The number of hydrogen-bond donors (Lipinski definition) is 1. The Morgan fingerprint density at radius 3 is 1.53 bits per heavy atom. The summed E-state index contributed by atoms with van der Waals surface area (Å²) in [6.45, 7) is 7.22. The van der Waals surface area contributed by atoms with Crippen LogP contribution in [0.5, 0.6) is 0 Å². The highest BCUT2D eigenvalue weighted by Gasteiger charge is 2.01. The largest absolute Gasteiger partial charge is 0.461 e. The lowest BCUT2D eigenvalue weighted by atomic mass is 10.1. The van der Waals surface area contributed by atoms with Gasteiger partial charge in [-0.1, -0.05) is 127 Å². The summed E-state index contributed by atoms with van der Waals surface area (Å²) in [5.74, 6) is -0.0463. The highest BCUT2D eigenvalue weighted by molar-refractivity contribution is 5.69. The Morgan fingerprint density at radius 1 is 0.526 bits per heavy atom. The first-order valence-corrected chi connectivity index (χ1v) is 16.6. The Hall–Kier alpha value is -1.35. The van der Waals surface area contributed by atoms with Crippen LogP contribution in [0.25, 0.3) is 0 Å². The van der Waals surface area contributed by atoms with Crippen molar-refractivity contribution in [2.24, 2.45) is 0 Å². The third-order valence-corrected chi connectivity index (χ3v) is 7.02. The highest BCUT2D eigenvalue weighted by Crippen LogP contribution is 2.08. The van der Waals surface area contributed by atoms with Gasteiger partial charge in [-0.25, -0.2) is 0 Å². The number of rotatable bonds is 30. The number of ether oxygens (including phenoxy) is 1. The van der Waals surface area contributed by atoms with Crippen molar-refractivity contribution in [2.75, 3.05) is 19.7 Å². The van der Waals surface area contributed by atoms with Gasteiger partial charge in [0.2, 0.25) is 0 Å². The molecule has 0 aliphatic rings. The summed E-state index contributed by atoms with van der Waals surface area (Å²) in [6.07, 6.45) is 41.8. The summed E-state index contributed by atoms with van der Waals surface area (Å²) >= 11 is 0. The monoisotopic (exact) mass is 532 g/mol. The normalized spacial score (nSPS) is 11.9. The molecule has 0 bridgehead atoms. The van der Waals surface area contributed by atoms with Crippen molar-refractivity contribution in [3.05, 3.63) is 36.5 Å². The van der Waals surface area contributed by atoms with Crippen LogP contribution >= 0.6 is 0 Å². The fourth-order valence-electron chi connectivity index (χ4n) is 4.50. The molecular formula is C35H65NO2. The van der Waals surface area contributed by atoms with Crippen LogP contribution in [0.3, 0.4) is 0 Å². The Labute approximate surface area is 238 Å². The van der Waals surface area contributed by atoms with Gasteiger partial charge in [-0.05, 0) is 77.3 Å². The van der Waals surface area contributed by atoms with Crippen molar-refractivity contribution >= 4 is 5.97 Å². The van der Waals surface area contributed by atoms with Crippen LogP contribution < -0.4 is 5.32 Å². The van der Waals surface area contributed by atoms with Crippen LogP contribution in [0.1, 0.15) is 162 Å². The van der Waals surface area contributed by atoms with E-state index in [2.05, 4.69) is 49.5 Å². The first kappa shape index (κ1) is 36.6. The van der Waals surface area contributed by atoms with Gasteiger partial charge in [0, 0.05) is 6.42 Å². The molecular weight excluding hydrogens is 466 g/mol. The summed E-state index contributed by atoms with van der Waals surface area (Å²) in [7, 11) is 0. The molecule has 0 aromatic rings. The summed E-state index contributed by atoms with van der Waals surface area (Å²) in [5, 5.41) is 3.59. The van der Waals surface area contributed by atoms with E-state index in [0.717, 1.165) is 38.8 Å². The zero-order valence-corrected chi connectivity index (χ0v) is 25.7. The first-order chi connectivity index (χ1) is 18.8. The number of esters is 1. The second kappa shape index (κ2) is 33.7.